The minimum Gasteiger partial charge on any atom is -0.379 e. The lowest BCUT2D eigenvalue weighted by Gasteiger charge is -2.26. The SMILES string of the molecule is CCNCC(C)(C)COC(C)COCC. The van der Waals surface area contributed by atoms with E-state index in [1.165, 1.54) is 0 Å². The second-order valence-corrected chi connectivity index (χ2v) is 4.73. The van der Waals surface area contributed by atoms with Gasteiger partial charge in [0.25, 0.3) is 0 Å². The maximum atomic E-state index is 5.74. The van der Waals surface area contributed by atoms with E-state index in [4.69, 9.17) is 9.47 Å². The summed E-state index contributed by atoms with van der Waals surface area (Å²) in [6, 6.07) is 0. The zero-order valence-electron chi connectivity index (χ0n) is 10.9. The smallest absolute Gasteiger partial charge is 0.0780 e. The summed E-state index contributed by atoms with van der Waals surface area (Å²) in [4.78, 5) is 0. The molecule has 15 heavy (non-hydrogen) atoms. The van der Waals surface area contributed by atoms with Gasteiger partial charge in [-0.15, -0.1) is 0 Å². The Balaban J connectivity index is 3.62. The van der Waals surface area contributed by atoms with Gasteiger partial charge in [0.2, 0.25) is 0 Å². The molecule has 0 saturated carbocycles. The van der Waals surface area contributed by atoms with Gasteiger partial charge in [-0.2, -0.15) is 0 Å². The van der Waals surface area contributed by atoms with E-state index < -0.39 is 0 Å². The lowest BCUT2D eigenvalue weighted by Crippen LogP contribution is -2.34. The van der Waals surface area contributed by atoms with E-state index in [0.717, 1.165) is 26.3 Å². The maximum absolute atomic E-state index is 5.74. The first-order valence-electron chi connectivity index (χ1n) is 5.92. The predicted molar refractivity (Wildman–Crippen MR) is 64.2 cm³/mol. The molecule has 0 spiro atoms. The Kier molecular flexibility index (Phi) is 8.02. The molecule has 0 aliphatic carbocycles. The molecule has 0 rings (SSSR count). The van der Waals surface area contributed by atoms with E-state index in [1.54, 1.807) is 0 Å². The van der Waals surface area contributed by atoms with Gasteiger partial charge < -0.3 is 14.8 Å². The molecule has 1 N–H and O–H groups in total. The van der Waals surface area contributed by atoms with Crippen molar-refractivity contribution in [3.05, 3.63) is 0 Å². The van der Waals surface area contributed by atoms with Crippen molar-refractivity contribution in [2.45, 2.75) is 40.7 Å². The van der Waals surface area contributed by atoms with Crippen molar-refractivity contribution in [3.8, 4) is 0 Å². The van der Waals surface area contributed by atoms with Crippen LogP contribution in [0.1, 0.15) is 34.6 Å². The maximum Gasteiger partial charge on any atom is 0.0780 e. The van der Waals surface area contributed by atoms with Crippen molar-refractivity contribution in [2.75, 3.05) is 32.9 Å². The van der Waals surface area contributed by atoms with E-state index in [0.29, 0.717) is 6.61 Å². The number of ether oxygens (including phenoxy) is 2. The molecule has 0 bridgehead atoms. The molecule has 0 aliphatic rings. The second kappa shape index (κ2) is 8.08. The highest BCUT2D eigenvalue weighted by Gasteiger charge is 2.18. The Morgan fingerprint density at radius 3 is 2.47 bits per heavy atom. The summed E-state index contributed by atoms with van der Waals surface area (Å²) in [7, 11) is 0. The molecule has 92 valence electrons. The highest BCUT2D eigenvalue weighted by atomic mass is 16.5. The van der Waals surface area contributed by atoms with Crippen molar-refractivity contribution >= 4 is 0 Å². The molecule has 0 aromatic rings. The first-order chi connectivity index (χ1) is 7.02. The number of hydrogen-bond donors (Lipinski definition) is 1. The summed E-state index contributed by atoms with van der Waals surface area (Å²) in [5.41, 5.74) is 0.191. The topological polar surface area (TPSA) is 30.5 Å². The lowest BCUT2D eigenvalue weighted by molar-refractivity contribution is -0.0327. The molecule has 0 fully saturated rings. The molecule has 0 aliphatic heterocycles. The van der Waals surface area contributed by atoms with Gasteiger partial charge in [0.1, 0.15) is 0 Å². The molecule has 3 heteroatoms. The fourth-order valence-electron chi connectivity index (χ4n) is 1.21. The molecule has 1 unspecified atom stereocenters. The molecule has 0 heterocycles. The summed E-state index contributed by atoms with van der Waals surface area (Å²) in [6.45, 7) is 14.8. The zero-order chi connectivity index (χ0) is 11.7. The highest BCUT2D eigenvalue weighted by Crippen LogP contribution is 2.14. The normalized spacial score (nSPS) is 14.2. The van der Waals surface area contributed by atoms with Gasteiger partial charge in [0.05, 0.1) is 19.3 Å². The quantitative estimate of drug-likeness (QED) is 0.641. The first kappa shape index (κ1) is 14.9. The van der Waals surface area contributed by atoms with E-state index >= 15 is 0 Å². The average Bonchev–Trinajstić information content (AvgIpc) is 2.21. The number of rotatable bonds is 9. The van der Waals surface area contributed by atoms with Crippen molar-refractivity contribution in [1.82, 2.24) is 5.32 Å². The van der Waals surface area contributed by atoms with Gasteiger partial charge in [0.15, 0.2) is 0 Å². The molecule has 0 aromatic carbocycles. The number of nitrogens with one attached hydrogen (secondary N) is 1. The zero-order valence-corrected chi connectivity index (χ0v) is 10.9. The molecule has 3 nitrogen and oxygen atoms in total. The summed E-state index contributed by atoms with van der Waals surface area (Å²) in [6.07, 6.45) is 0.186. The van der Waals surface area contributed by atoms with Crippen LogP contribution in [-0.2, 0) is 9.47 Å². The van der Waals surface area contributed by atoms with Gasteiger partial charge in [-0.25, -0.2) is 0 Å². The molecular formula is C12H27NO2. The van der Waals surface area contributed by atoms with Gasteiger partial charge in [0, 0.05) is 18.6 Å². The summed E-state index contributed by atoms with van der Waals surface area (Å²) < 4.78 is 11.0. The Hall–Kier alpha value is -0.120. The summed E-state index contributed by atoms with van der Waals surface area (Å²) in [5, 5.41) is 3.34. The molecule has 0 amide bonds. The monoisotopic (exact) mass is 217 g/mol. The highest BCUT2D eigenvalue weighted by molar-refractivity contribution is 4.71. The van der Waals surface area contributed by atoms with Crippen molar-refractivity contribution in [3.63, 3.8) is 0 Å². The van der Waals surface area contributed by atoms with Crippen molar-refractivity contribution in [2.24, 2.45) is 5.41 Å². The lowest BCUT2D eigenvalue weighted by atomic mass is 9.95. The van der Waals surface area contributed by atoms with Gasteiger partial charge >= 0.3 is 0 Å². The van der Waals surface area contributed by atoms with E-state index in [1.807, 2.05) is 6.92 Å². The van der Waals surface area contributed by atoms with Gasteiger partial charge in [-0.1, -0.05) is 20.8 Å². The van der Waals surface area contributed by atoms with Crippen molar-refractivity contribution in [1.29, 1.82) is 0 Å². The average molecular weight is 217 g/mol. The van der Waals surface area contributed by atoms with Crippen LogP contribution in [0.3, 0.4) is 0 Å². The Bertz CT molecular complexity index is 149. The number of hydrogen-bond acceptors (Lipinski definition) is 3. The third-order valence-electron chi connectivity index (χ3n) is 2.17. The molecular weight excluding hydrogens is 190 g/mol. The predicted octanol–water partition coefficient (Wildman–Crippen LogP) is 2.06. The molecule has 0 saturated heterocycles. The first-order valence-corrected chi connectivity index (χ1v) is 5.92. The van der Waals surface area contributed by atoms with Crippen LogP contribution in [0.15, 0.2) is 0 Å². The molecule has 1 atom stereocenters. The minimum atomic E-state index is 0.186. The third-order valence-corrected chi connectivity index (χ3v) is 2.17. The largest absolute Gasteiger partial charge is 0.379 e. The Morgan fingerprint density at radius 1 is 1.27 bits per heavy atom. The van der Waals surface area contributed by atoms with E-state index in [-0.39, 0.29) is 11.5 Å². The minimum absolute atomic E-state index is 0.186. The van der Waals surface area contributed by atoms with Gasteiger partial charge in [-0.05, 0) is 20.4 Å². The van der Waals surface area contributed by atoms with Crippen LogP contribution in [0.5, 0.6) is 0 Å². The van der Waals surface area contributed by atoms with Crippen LogP contribution >= 0.6 is 0 Å². The Labute approximate surface area is 94.5 Å². The van der Waals surface area contributed by atoms with E-state index in [2.05, 4.69) is 33.0 Å². The second-order valence-electron chi connectivity index (χ2n) is 4.73. The van der Waals surface area contributed by atoms with Crippen LogP contribution in [0.4, 0.5) is 0 Å². The van der Waals surface area contributed by atoms with Crippen LogP contribution in [0.25, 0.3) is 0 Å². The standard InChI is InChI=1S/C12H27NO2/c1-6-13-9-12(4,5)10-15-11(3)8-14-7-2/h11,13H,6-10H2,1-5H3. The fourth-order valence-corrected chi connectivity index (χ4v) is 1.21. The molecule has 0 aromatic heterocycles. The van der Waals surface area contributed by atoms with Gasteiger partial charge in [-0.3, -0.25) is 0 Å². The summed E-state index contributed by atoms with van der Waals surface area (Å²) >= 11 is 0. The third kappa shape index (κ3) is 8.85. The van der Waals surface area contributed by atoms with Crippen molar-refractivity contribution < 1.29 is 9.47 Å². The fraction of sp³-hybridized carbons (Fsp3) is 1.00. The Morgan fingerprint density at radius 2 is 1.93 bits per heavy atom. The van der Waals surface area contributed by atoms with Crippen LogP contribution < -0.4 is 5.32 Å². The van der Waals surface area contributed by atoms with Crippen LogP contribution in [0.2, 0.25) is 0 Å². The van der Waals surface area contributed by atoms with Crippen LogP contribution in [0, 0.1) is 5.41 Å². The molecule has 0 radical (unpaired) electrons. The van der Waals surface area contributed by atoms with Crippen LogP contribution in [-0.4, -0.2) is 39.0 Å². The summed E-state index contributed by atoms with van der Waals surface area (Å²) in [5.74, 6) is 0. The van der Waals surface area contributed by atoms with E-state index in [9.17, 15) is 0 Å².